The van der Waals surface area contributed by atoms with E-state index in [2.05, 4.69) is 33.5 Å². The molecule has 0 unspecified atom stereocenters. The molecular weight excluding hydrogens is 464 g/mol. The van der Waals surface area contributed by atoms with Crippen LogP contribution in [0.3, 0.4) is 0 Å². The van der Waals surface area contributed by atoms with E-state index in [0.717, 1.165) is 51.9 Å². The maximum absolute atomic E-state index is 12.9. The largest absolute Gasteiger partial charge is 0.418 e. The average Bonchev–Trinajstić information content (AvgIpc) is 3.64. The molecule has 1 fully saturated rings. The molecule has 1 N–H and O–H groups in total. The predicted molar refractivity (Wildman–Crippen MR) is 144 cm³/mol. The number of imidazole rings is 1. The van der Waals surface area contributed by atoms with E-state index in [4.69, 9.17) is 9.97 Å². The number of nitrogens with zero attached hydrogens (tertiary/aromatic N) is 3. The number of thiazole rings is 1. The number of benzene rings is 1. The van der Waals surface area contributed by atoms with Crippen LogP contribution in [0.25, 0.3) is 17.0 Å². The van der Waals surface area contributed by atoms with Gasteiger partial charge in [-0.1, -0.05) is 49.8 Å². The van der Waals surface area contributed by atoms with Gasteiger partial charge in [0, 0.05) is 28.6 Å². The summed E-state index contributed by atoms with van der Waals surface area (Å²) in [7, 11) is 0. The van der Waals surface area contributed by atoms with Gasteiger partial charge in [0.15, 0.2) is 0 Å². The van der Waals surface area contributed by atoms with E-state index in [0.29, 0.717) is 5.56 Å². The fraction of sp³-hybridized carbons (Fsp3) is 0.200. The van der Waals surface area contributed by atoms with E-state index in [9.17, 15) is 4.79 Å². The van der Waals surface area contributed by atoms with Crippen molar-refractivity contribution in [2.75, 3.05) is 0 Å². The molecule has 3 aromatic heterocycles. The van der Waals surface area contributed by atoms with Crippen LogP contribution in [-0.2, 0) is 5.41 Å². The van der Waals surface area contributed by atoms with Crippen molar-refractivity contribution in [2.24, 2.45) is 0 Å². The number of fused-ring (bicyclic) bond motifs is 1. The second-order valence-electron chi connectivity index (χ2n) is 9.49. The Balaban J connectivity index is 1.33. The minimum atomic E-state index is -0.127. The molecule has 0 spiro atoms. The maximum atomic E-state index is 12.9. The Labute approximate surface area is 214 Å². The van der Waals surface area contributed by atoms with Crippen molar-refractivity contribution in [3.8, 4) is 11.4 Å². The predicted octanol–water partition coefficient (Wildman–Crippen LogP) is 4.97. The summed E-state index contributed by atoms with van der Waals surface area (Å²) in [6, 6.07) is 14.1. The van der Waals surface area contributed by atoms with Crippen LogP contribution in [0.4, 0.5) is 0 Å². The van der Waals surface area contributed by atoms with Gasteiger partial charge in [-0.2, -0.15) is 4.99 Å². The zero-order valence-corrected chi connectivity index (χ0v) is 21.0. The highest BCUT2D eigenvalue weighted by Crippen LogP contribution is 2.48. The molecule has 36 heavy (non-hydrogen) atoms. The SMILES string of the molecule is C=C1C=CC=CC1=[NH+]C(=O)c1ccc(C2(c3nc(-c4c(C)nc5ccccn45)cs3)CCCC2)cc1. The van der Waals surface area contributed by atoms with Gasteiger partial charge in [-0.15, -0.1) is 11.3 Å². The van der Waals surface area contributed by atoms with E-state index < -0.39 is 0 Å². The number of rotatable bonds is 4. The Morgan fingerprint density at radius 3 is 2.61 bits per heavy atom. The van der Waals surface area contributed by atoms with Gasteiger partial charge >= 0.3 is 5.91 Å². The fourth-order valence-electron chi connectivity index (χ4n) is 5.41. The highest BCUT2D eigenvalue weighted by atomic mass is 32.1. The zero-order valence-electron chi connectivity index (χ0n) is 20.2. The molecule has 6 rings (SSSR count). The van der Waals surface area contributed by atoms with Gasteiger partial charge in [-0.25, -0.2) is 14.8 Å². The summed E-state index contributed by atoms with van der Waals surface area (Å²) in [5.74, 6) is -0.127. The second kappa shape index (κ2) is 8.95. The van der Waals surface area contributed by atoms with Crippen molar-refractivity contribution in [3.63, 3.8) is 0 Å². The van der Waals surface area contributed by atoms with E-state index >= 15 is 0 Å². The molecule has 0 radical (unpaired) electrons. The third kappa shape index (κ3) is 3.78. The first-order chi connectivity index (χ1) is 17.5. The number of pyridine rings is 1. The number of allylic oxidation sites excluding steroid dienone is 5. The van der Waals surface area contributed by atoms with Crippen molar-refractivity contribution >= 4 is 28.6 Å². The van der Waals surface area contributed by atoms with Crippen molar-refractivity contribution in [1.29, 1.82) is 0 Å². The van der Waals surface area contributed by atoms with Gasteiger partial charge < -0.3 is 0 Å². The lowest BCUT2D eigenvalue weighted by atomic mass is 9.79. The zero-order chi connectivity index (χ0) is 24.7. The van der Waals surface area contributed by atoms with Crippen LogP contribution < -0.4 is 4.99 Å². The monoisotopic (exact) mass is 491 g/mol. The minimum Gasteiger partial charge on any atom is -0.298 e. The van der Waals surface area contributed by atoms with Crippen LogP contribution >= 0.6 is 11.3 Å². The van der Waals surface area contributed by atoms with Crippen LogP contribution in [-0.4, -0.2) is 26.0 Å². The number of hydrogen-bond acceptors (Lipinski definition) is 4. The molecule has 5 nitrogen and oxygen atoms in total. The smallest absolute Gasteiger partial charge is 0.298 e. The fourth-order valence-corrected chi connectivity index (χ4v) is 6.49. The maximum Gasteiger partial charge on any atom is 0.418 e. The summed E-state index contributed by atoms with van der Waals surface area (Å²) in [6.07, 6.45) is 14.1. The lowest BCUT2D eigenvalue weighted by molar-refractivity contribution is -0.343. The number of hydrogen-bond donors (Lipinski definition) is 1. The second-order valence-corrected chi connectivity index (χ2v) is 10.3. The molecule has 3 heterocycles. The Morgan fingerprint density at radius 1 is 1.06 bits per heavy atom. The molecule has 0 atom stereocenters. The highest BCUT2D eigenvalue weighted by Gasteiger charge is 2.40. The summed E-state index contributed by atoms with van der Waals surface area (Å²) in [5.41, 5.74) is 7.22. The van der Waals surface area contributed by atoms with Crippen molar-refractivity contribution in [1.82, 2.24) is 14.4 Å². The summed E-state index contributed by atoms with van der Waals surface area (Å²) < 4.78 is 2.12. The molecule has 0 bridgehead atoms. The molecule has 1 saturated carbocycles. The van der Waals surface area contributed by atoms with Gasteiger partial charge in [0.2, 0.25) is 5.71 Å². The molecular formula is C30H27N4OS+. The lowest BCUT2D eigenvalue weighted by Gasteiger charge is -2.27. The number of amides is 1. The van der Waals surface area contributed by atoms with Crippen molar-refractivity contribution < 1.29 is 9.79 Å². The Hall–Kier alpha value is -3.90. The van der Waals surface area contributed by atoms with Gasteiger partial charge in [0.25, 0.3) is 0 Å². The Morgan fingerprint density at radius 2 is 1.83 bits per heavy atom. The average molecular weight is 492 g/mol. The summed E-state index contributed by atoms with van der Waals surface area (Å²) in [6.45, 7) is 6.04. The quantitative estimate of drug-likeness (QED) is 0.439. The van der Waals surface area contributed by atoms with E-state index in [1.807, 2.05) is 67.8 Å². The van der Waals surface area contributed by atoms with E-state index in [1.54, 1.807) is 11.3 Å². The molecule has 4 aromatic rings. The molecule has 1 amide bonds. The Bertz CT molecular complexity index is 1580. The standard InChI is InChI=1S/C30H26N4OS/c1-20-9-3-4-10-24(20)32-28(35)22-12-14-23(15-13-22)30(16-6-7-17-30)29-33-25(19-36-29)27-21(2)31-26-11-5-8-18-34(26)27/h3-5,8-15,18-19H,1,6-7,16-17H2,2H3/p+1. The number of nitrogens with one attached hydrogen (secondary N) is 1. The van der Waals surface area contributed by atoms with Crippen LogP contribution in [0, 0.1) is 6.92 Å². The molecule has 1 aromatic carbocycles. The van der Waals surface area contributed by atoms with Crippen LogP contribution in [0.1, 0.15) is 52.3 Å². The molecule has 6 heteroatoms. The van der Waals surface area contributed by atoms with E-state index in [1.165, 1.54) is 18.4 Å². The minimum absolute atomic E-state index is 0.119. The normalized spacial score (nSPS) is 17.9. The number of carbonyl (C=O) groups excluding carboxylic acids is 1. The Kier molecular flexibility index (Phi) is 5.61. The molecule has 178 valence electrons. The van der Waals surface area contributed by atoms with E-state index in [-0.39, 0.29) is 11.3 Å². The third-order valence-electron chi connectivity index (χ3n) is 7.28. The van der Waals surface area contributed by atoms with Gasteiger partial charge in [0.1, 0.15) is 16.3 Å². The van der Waals surface area contributed by atoms with Gasteiger partial charge in [-0.05, 0) is 55.7 Å². The van der Waals surface area contributed by atoms with Crippen LogP contribution in [0.5, 0.6) is 0 Å². The van der Waals surface area contributed by atoms with Gasteiger partial charge in [0.05, 0.1) is 17.0 Å². The summed E-state index contributed by atoms with van der Waals surface area (Å²) in [4.78, 5) is 25.7. The first-order valence-corrected chi connectivity index (χ1v) is 13.2. The van der Waals surface area contributed by atoms with Crippen LogP contribution in [0.15, 0.2) is 90.5 Å². The molecule has 2 aliphatic rings. The first kappa shape index (κ1) is 22.6. The number of carbonyl (C=O) groups is 1. The number of aromatic nitrogens is 3. The topological polar surface area (TPSA) is 61.2 Å². The summed E-state index contributed by atoms with van der Waals surface area (Å²) in [5, 5.41) is 3.31. The lowest BCUT2D eigenvalue weighted by Crippen LogP contribution is -2.77. The van der Waals surface area contributed by atoms with Crippen molar-refractivity contribution in [2.45, 2.75) is 38.0 Å². The summed E-state index contributed by atoms with van der Waals surface area (Å²) >= 11 is 1.73. The van der Waals surface area contributed by atoms with Crippen molar-refractivity contribution in [3.05, 3.63) is 112 Å². The third-order valence-corrected chi connectivity index (χ3v) is 8.33. The van der Waals surface area contributed by atoms with Crippen LogP contribution in [0.2, 0.25) is 0 Å². The van der Waals surface area contributed by atoms with Gasteiger partial charge in [-0.3, -0.25) is 4.40 Å². The first-order valence-electron chi connectivity index (χ1n) is 12.3. The molecule has 0 saturated heterocycles. The molecule has 2 aliphatic carbocycles. The molecule has 0 aliphatic heterocycles. The number of aryl methyl sites for hydroxylation is 1. The highest BCUT2D eigenvalue weighted by molar-refractivity contribution is 7.10.